The number of carbonyl (C=O) groups excluding carboxylic acids is 1. The van der Waals surface area contributed by atoms with Crippen molar-refractivity contribution in [2.45, 2.75) is 130 Å². The quantitative estimate of drug-likeness (QED) is 0.307. The van der Waals surface area contributed by atoms with Crippen LogP contribution in [0.25, 0.3) is 0 Å². The average Bonchev–Trinajstić information content (AvgIpc) is 3.21. The number of hydrogen-bond acceptors (Lipinski definition) is 4. The molecule has 4 heteroatoms. The SMILES string of the molecule is C=C1CC[C@H](OC(=O)C2OCC[C@@H](C)O2)C/C1=C/C=C1\CCC[C@]2(C)[C@@H]([C@H](C)CCCC(C)C)CC[C@@H]12. The maximum Gasteiger partial charge on any atom is 0.363 e. The highest BCUT2D eigenvalue weighted by molar-refractivity contribution is 5.73. The van der Waals surface area contributed by atoms with E-state index in [1.165, 1.54) is 62.5 Å². The van der Waals surface area contributed by atoms with Crippen molar-refractivity contribution in [3.63, 3.8) is 0 Å². The smallest absolute Gasteiger partial charge is 0.363 e. The molecule has 1 saturated heterocycles. The minimum Gasteiger partial charge on any atom is -0.458 e. The summed E-state index contributed by atoms with van der Waals surface area (Å²) in [7, 11) is 0. The van der Waals surface area contributed by atoms with E-state index in [9.17, 15) is 4.79 Å². The van der Waals surface area contributed by atoms with Gasteiger partial charge in [0, 0.05) is 6.42 Å². The number of carbonyl (C=O) groups is 1. The van der Waals surface area contributed by atoms with Crippen LogP contribution in [0.15, 0.2) is 35.5 Å². The Balaban J connectivity index is 1.38. The van der Waals surface area contributed by atoms with Gasteiger partial charge in [0.25, 0.3) is 6.29 Å². The van der Waals surface area contributed by atoms with Crippen LogP contribution in [0.4, 0.5) is 0 Å². The fraction of sp³-hybridized carbons (Fsp3) is 0.788. The molecule has 1 unspecified atom stereocenters. The van der Waals surface area contributed by atoms with Crippen LogP contribution in [0.2, 0.25) is 0 Å². The Morgan fingerprint density at radius 2 is 1.95 bits per heavy atom. The van der Waals surface area contributed by atoms with Gasteiger partial charge in [-0.25, -0.2) is 4.79 Å². The molecule has 1 aliphatic heterocycles. The van der Waals surface area contributed by atoms with Crippen LogP contribution in [0.3, 0.4) is 0 Å². The van der Waals surface area contributed by atoms with Crippen molar-refractivity contribution in [1.29, 1.82) is 0 Å². The predicted molar refractivity (Wildman–Crippen MR) is 150 cm³/mol. The van der Waals surface area contributed by atoms with Crippen LogP contribution in [-0.4, -0.2) is 31.1 Å². The van der Waals surface area contributed by atoms with Gasteiger partial charge in [-0.05, 0) is 93.0 Å². The summed E-state index contributed by atoms with van der Waals surface area (Å²) in [5, 5.41) is 0. The predicted octanol–water partition coefficient (Wildman–Crippen LogP) is 8.32. The van der Waals surface area contributed by atoms with Gasteiger partial charge >= 0.3 is 5.97 Å². The Labute approximate surface area is 226 Å². The van der Waals surface area contributed by atoms with Crippen molar-refractivity contribution in [2.24, 2.45) is 29.1 Å². The number of ether oxygens (including phenoxy) is 3. The van der Waals surface area contributed by atoms with Gasteiger partial charge in [0.2, 0.25) is 0 Å². The number of fused-ring (bicyclic) bond motifs is 1. The van der Waals surface area contributed by atoms with Crippen molar-refractivity contribution in [1.82, 2.24) is 0 Å². The fourth-order valence-electron chi connectivity index (χ4n) is 7.75. The first kappa shape index (κ1) is 28.6. The van der Waals surface area contributed by atoms with Gasteiger partial charge in [0.15, 0.2) is 0 Å². The number of hydrogen-bond donors (Lipinski definition) is 0. The van der Waals surface area contributed by atoms with E-state index in [1.54, 1.807) is 5.57 Å². The Hall–Kier alpha value is -1.39. The second-order valence-corrected chi connectivity index (χ2v) is 13.2. The van der Waals surface area contributed by atoms with Gasteiger partial charge in [0.05, 0.1) is 12.7 Å². The summed E-state index contributed by atoms with van der Waals surface area (Å²) in [5.74, 6) is 2.81. The molecule has 0 aromatic rings. The summed E-state index contributed by atoms with van der Waals surface area (Å²) in [5.41, 5.74) is 4.51. The van der Waals surface area contributed by atoms with Gasteiger partial charge in [-0.1, -0.05) is 76.8 Å². The van der Waals surface area contributed by atoms with Crippen molar-refractivity contribution in [2.75, 3.05) is 6.61 Å². The van der Waals surface area contributed by atoms with E-state index >= 15 is 0 Å². The average molecular weight is 513 g/mol. The molecule has 208 valence electrons. The van der Waals surface area contributed by atoms with E-state index in [2.05, 4.69) is 46.4 Å². The standard InChI is InChI=1S/C33H52O4/c1-22(2)9-7-10-24(4)29-16-17-30-26(11-8-19-33(29,30)6)13-14-27-21-28(15-12-23(27)3)37-31(34)32-35-20-18-25(5)36-32/h13-14,22,24-25,28-30,32H,3,7-12,15-21H2,1-2,4-6H3/b26-13+,27-14-/t24-,25-,28+,29-,30+,32?,33-/m1/s1. The summed E-state index contributed by atoms with van der Waals surface area (Å²) in [6, 6.07) is 0. The fourth-order valence-corrected chi connectivity index (χ4v) is 7.75. The third-order valence-corrected chi connectivity index (χ3v) is 9.96. The van der Waals surface area contributed by atoms with E-state index < -0.39 is 6.29 Å². The zero-order valence-corrected chi connectivity index (χ0v) is 24.2. The molecule has 0 amide bonds. The molecule has 4 aliphatic rings. The monoisotopic (exact) mass is 512 g/mol. The van der Waals surface area contributed by atoms with Crippen LogP contribution in [-0.2, 0) is 19.0 Å². The molecule has 4 rings (SSSR count). The topological polar surface area (TPSA) is 44.8 Å². The van der Waals surface area contributed by atoms with Crippen LogP contribution < -0.4 is 0 Å². The molecule has 37 heavy (non-hydrogen) atoms. The van der Waals surface area contributed by atoms with E-state index in [-0.39, 0.29) is 18.2 Å². The highest BCUT2D eigenvalue weighted by Gasteiger charge is 2.50. The lowest BCUT2D eigenvalue weighted by Gasteiger charge is -2.44. The molecule has 3 aliphatic carbocycles. The first-order valence-corrected chi connectivity index (χ1v) is 15.2. The van der Waals surface area contributed by atoms with Gasteiger partial charge in [-0.3, -0.25) is 0 Å². The Morgan fingerprint density at radius 3 is 2.70 bits per heavy atom. The molecule has 0 spiro atoms. The van der Waals surface area contributed by atoms with Gasteiger partial charge in [-0.2, -0.15) is 0 Å². The Bertz CT molecular complexity index is 870. The summed E-state index contributed by atoms with van der Waals surface area (Å²) < 4.78 is 17.0. The number of esters is 1. The van der Waals surface area contributed by atoms with Crippen LogP contribution in [0.1, 0.15) is 112 Å². The Morgan fingerprint density at radius 1 is 1.14 bits per heavy atom. The normalized spacial score (nSPS) is 37.7. The molecule has 1 heterocycles. The molecule has 0 N–H and O–H groups in total. The second-order valence-electron chi connectivity index (χ2n) is 13.2. The molecule has 0 aromatic carbocycles. The van der Waals surface area contributed by atoms with Gasteiger partial charge in [0.1, 0.15) is 6.10 Å². The molecule has 0 aromatic heterocycles. The Kier molecular flexibility index (Phi) is 9.78. The van der Waals surface area contributed by atoms with Crippen molar-refractivity contribution < 1.29 is 19.0 Å². The molecule has 3 saturated carbocycles. The zero-order valence-electron chi connectivity index (χ0n) is 24.2. The highest BCUT2D eigenvalue weighted by Crippen LogP contribution is 2.60. The largest absolute Gasteiger partial charge is 0.458 e. The van der Waals surface area contributed by atoms with E-state index in [0.29, 0.717) is 17.9 Å². The highest BCUT2D eigenvalue weighted by atomic mass is 16.7. The lowest BCUT2D eigenvalue weighted by molar-refractivity contribution is -0.229. The first-order chi connectivity index (χ1) is 17.7. The summed E-state index contributed by atoms with van der Waals surface area (Å²) in [6.07, 6.45) is 17.7. The summed E-state index contributed by atoms with van der Waals surface area (Å²) in [4.78, 5) is 12.6. The van der Waals surface area contributed by atoms with Crippen LogP contribution in [0.5, 0.6) is 0 Å². The van der Waals surface area contributed by atoms with Crippen LogP contribution >= 0.6 is 0 Å². The lowest BCUT2D eigenvalue weighted by atomic mass is 9.60. The first-order valence-electron chi connectivity index (χ1n) is 15.2. The number of allylic oxidation sites excluding steroid dienone is 4. The summed E-state index contributed by atoms with van der Waals surface area (Å²) >= 11 is 0. The second kappa shape index (κ2) is 12.6. The third-order valence-electron chi connectivity index (χ3n) is 9.96. The molecular formula is C33H52O4. The minimum atomic E-state index is -0.883. The molecule has 4 fully saturated rings. The molecule has 7 atom stereocenters. The van der Waals surface area contributed by atoms with Crippen molar-refractivity contribution in [3.8, 4) is 0 Å². The van der Waals surface area contributed by atoms with E-state index in [1.807, 2.05) is 6.92 Å². The number of rotatable bonds is 8. The van der Waals surface area contributed by atoms with E-state index in [4.69, 9.17) is 14.2 Å². The maximum atomic E-state index is 12.6. The molecule has 0 radical (unpaired) electrons. The third kappa shape index (κ3) is 6.98. The van der Waals surface area contributed by atoms with E-state index in [0.717, 1.165) is 43.4 Å². The molecule has 4 nitrogen and oxygen atoms in total. The van der Waals surface area contributed by atoms with Gasteiger partial charge in [-0.15, -0.1) is 0 Å². The van der Waals surface area contributed by atoms with Crippen LogP contribution in [0, 0.1) is 29.1 Å². The minimum absolute atomic E-state index is 0.0268. The van der Waals surface area contributed by atoms with Gasteiger partial charge < -0.3 is 14.2 Å². The molecule has 0 bridgehead atoms. The zero-order chi connectivity index (χ0) is 26.6. The summed E-state index contributed by atoms with van der Waals surface area (Å²) in [6.45, 7) is 16.7. The molecular weight excluding hydrogens is 460 g/mol. The maximum absolute atomic E-state index is 12.6. The van der Waals surface area contributed by atoms with Crippen molar-refractivity contribution in [3.05, 3.63) is 35.5 Å². The van der Waals surface area contributed by atoms with Crippen molar-refractivity contribution >= 4 is 5.97 Å². The lowest BCUT2D eigenvalue weighted by Crippen LogP contribution is -2.39.